The lowest BCUT2D eigenvalue weighted by atomic mass is 10.1. The first-order valence-electron chi connectivity index (χ1n) is 6.39. The van der Waals surface area contributed by atoms with Gasteiger partial charge >= 0.3 is 0 Å². The third-order valence-corrected chi connectivity index (χ3v) is 3.03. The van der Waals surface area contributed by atoms with E-state index in [2.05, 4.69) is 0 Å². The molecule has 2 aromatic rings. The fraction of sp³-hybridized carbons (Fsp3) is 0.176. The van der Waals surface area contributed by atoms with Crippen LogP contribution < -0.4 is 9.47 Å². The number of allylic oxidation sites excluding steroid dienone is 1. The molecule has 3 nitrogen and oxygen atoms in total. The monoisotopic (exact) mass is 270 g/mol. The molecule has 2 rings (SSSR count). The molecule has 0 unspecified atom stereocenters. The summed E-state index contributed by atoms with van der Waals surface area (Å²) in [6, 6.07) is 13.0. The Balaban J connectivity index is 2.09. The zero-order valence-corrected chi connectivity index (χ0v) is 11.7. The number of aromatic hydroxyl groups is 1. The van der Waals surface area contributed by atoms with Crippen LogP contribution in [-0.2, 0) is 6.42 Å². The second kappa shape index (κ2) is 6.66. The third kappa shape index (κ3) is 3.54. The van der Waals surface area contributed by atoms with Gasteiger partial charge in [0.15, 0.2) is 0 Å². The minimum Gasteiger partial charge on any atom is -0.508 e. The average molecular weight is 270 g/mol. The summed E-state index contributed by atoms with van der Waals surface area (Å²) in [5.74, 6) is 1.85. The van der Waals surface area contributed by atoms with Gasteiger partial charge in [-0.1, -0.05) is 24.3 Å². The summed E-state index contributed by atoms with van der Waals surface area (Å²) in [7, 11) is 3.26. The van der Waals surface area contributed by atoms with E-state index in [9.17, 15) is 5.11 Å². The van der Waals surface area contributed by atoms with Crippen molar-refractivity contribution in [1.82, 2.24) is 0 Å². The molecule has 1 N–H and O–H groups in total. The topological polar surface area (TPSA) is 38.7 Å². The second-order valence-electron chi connectivity index (χ2n) is 4.38. The Kier molecular flexibility index (Phi) is 4.66. The average Bonchev–Trinajstić information content (AvgIpc) is 2.49. The van der Waals surface area contributed by atoms with Crippen molar-refractivity contribution >= 4 is 6.08 Å². The summed E-state index contributed by atoms with van der Waals surface area (Å²) < 4.78 is 10.3. The van der Waals surface area contributed by atoms with Crippen molar-refractivity contribution in [2.75, 3.05) is 14.2 Å². The molecule has 3 heteroatoms. The molecule has 0 amide bonds. The molecular weight excluding hydrogens is 252 g/mol. The van der Waals surface area contributed by atoms with Gasteiger partial charge in [-0.25, -0.2) is 0 Å². The number of phenolic OH excluding ortho intramolecular Hbond substituents is 1. The van der Waals surface area contributed by atoms with Gasteiger partial charge in [0.1, 0.15) is 17.2 Å². The summed E-state index contributed by atoms with van der Waals surface area (Å²) in [6.07, 6.45) is 4.64. The molecule has 2 aromatic carbocycles. The highest BCUT2D eigenvalue weighted by molar-refractivity contribution is 5.53. The SMILES string of the molecule is COc1cccc(C=CCc2cc(OC)ccc2O)c1. The molecule has 0 aliphatic heterocycles. The van der Waals surface area contributed by atoms with Gasteiger partial charge in [0, 0.05) is 5.56 Å². The number of phenols is 1. The van der Waals surface area contributed by atoms with Crippen molar-refractivity contribution in [3.8, 4) is 17.2 Å². The summed E-state index contributed by atoms with van der Waals surface area (Å²) in [5, 5.41) is 9.80. The lowest BCUT2D eigenvalue weighted by Gasteiger charge is -2.05. The van der Waals surface area contributed by atoms with Gasteiger partial charge in [-0.05, 0) is 42.3 Å². The number of hydrogen-bond donors (Lipinski definition) is 1. The summed E-state index contributed by atoms with van der Waals surface area (Å²) in [5.41, 5.74) is 1.90. The molecule has 0 aliphatic rings. The van der Waals surface area contributed by atoms with E-state index in [0.717, 1.165) is 22.6 Å². The fourth-order valence-corrected chi connectivity index (χ4v) is 1.92. The van der Waals surface area contributed by atoms with E-state index in [1.54, 1.807) is 26.4 Å². The van der Waals surface area contributed by atoms with Crippen LogP contribution in [0, 0.1) is 0 Å². The molecule has 0 bridgehead atoms. The number of benzene rings is 2. The standard InChI is InChI=1S/C17H18O3/c1-19-15-8-4-6-13(11-15)5-3-7-14-12-16(20-2)9-10-17(14)18/h3-6,8-12,18H,7H2,1-2H3. The Morgan fingerprint density at radius 3 is 2.50 bits per heavy atom. The fourth-order valence-electron chi connectivity index (χ4n) is 1.92. The van der Waals surface area contributed by atoms with Crippen LogP contribution in [0.1, 0.15) is 11.1 Å². The summed E-state index contributed by atoms with van der Waals surface area (Å²) >= 11 is 0. The minimum atomic E-state index is 0.279. The van der Waals surface area contributed by atoms with Crippen LogP contribution >= 0.6 is 0 Å². The van der Waals surface area contributed by atoms with Crippen molar-refractivity contribution in [1.29, 1.82) is 0 Å². The van der Waals surface area contributed by atoms with Crippen molar-refractivity contribution in [2.24, 2.45) is 0 Å². The van der Waals surface area contributed by atoms with Crippen LogP contribution in [0.3, 0.4) is 0 Å². The van der Waals surface area contributed by atoms with E-state index in [1.807, 2.05) is 42.5 Å². The second-order valence-corrected chi connectivity index (χ2v) is 4.38. The van der Waals surface area contributed by atoms with Crippen molar-refractivity contribution in [3.05, 3.63) is 59.7 Å². The van der Waals surface area contributed by atoms with Gasteiger partial charge < -0.3 is 14.6 Å². The minimum absolute atomic E-state index is 0.279. The molecule has 0 aromatic heterocycles. The Morgan fingerprint density at radius 1 is 1.00 bits per heavy atom. The van der Waals surface area contributed by atoms with Crippen LogP contribution in [0.15, 0.2) is 48.5 Å². The lowest BCUT2D eigenvalue weighted by Crippen LogP contribution is -1.87. The van der Waals surface area contributed by atoms with Crippen molar-refractivity contribution in [3.63, 3.8) is 0 Å². The predicted octanol–water partition coefficient (Wildman–Crippen LogP) is 3.67. The zero-order valence-electron chi connectivity index (χ0n) is 11.7. The highest BCUT2D eigenvalue weighted by atomic mass is 16.5. The molecule has 0 saturated carbocycles. The molecule has 0 radical (unpaired) electrons. The maximum absolute atomic E-state index is 9.80. The first-order valence-corrected chi connectivity index (χ1v) is 6.39. The molecule has 104 valence electrons. The molecule has 0 aliphatic carbocycles. The largest absolute Gasteiger partial charge is 0.508 e. The number of methoxy groups -OCH3 is 2. The van der Waals surface area contributed by atoms with Gasteiger partial charge in [-0.3, -0.25) is 0 Å². The van der Waals surface area contributed by atoms with E-state index in [1.165, 1.54) is 0 Å². The Hall–Kier alpha value is -2.42. The highest BCUT2D eigenvalue weighted by Crippen LogP contribution is 2.24. The molecule has 0 heterocycles. The van der Waals surface area contributed by atoms with Gasteiger partial charge in [-0.15, -0.1) is 0 Å². The van der Waals surface area contributed by atoms with Crippen LogP contribution in [-0.4, -0.2) is 19.3 Å². The highest BCUT2D eigenvalue weighted by Gasteiger charge is 2.01. The molecule has 0 fully saturated rings. The first kappa shape index (κ1) is 14.0. The Morgan fingerprint density at radius 2 is 1.75 bits per heavy atom. The van der Waals surface area contributed by atoms with Crippen LogP contribution in [0.4, 0.5) is 0 Å². The van der Waals surface area contributed by atoms with Crippen LogP contribution in [0.5, 0.6) is 17.2 Å². The first-order chi connectivity index (χ1) is 9.72. The molecule has 0 atom stereocenters. The summed E-state index contributed by atoms with van der Waals surface area (Å²) in [6.45, 7) is 0. The van der Waals surface area contributed by atoms with Gasteiger partial charge in [0.25, 0.3) is 0 Å². The number of hydrogen-bond acceptors (Lipinski definition) is 3. The Labute approximate surface area is 119 Å². The number of rotatable bonds is 5. The van der Waals surface area contributed by atoms with E-state index in [4.69, 9.17) is 9.47 Å². The number of ether oxygens (including phenoxy) is 2. The summed E-state index contributed by atoms with van der Waals surface area (Å²) in [4.78, 5) is 0. The van der Waals surface area contributed by atoms with Crippen molar-refractivity contribution in [2.45, 2.75) is 6.42 Å². The van der Waals surface area contributed by atoms with Gasteiger partial charge in [-0.2, -0.15) is 0 Å². The molecular formula is C17H18O3. The van der Waals surface area contributed by atoms with Crippen molar-refractivity contribution < 1.29 is 14.6 Å². The Bertz CT molecular complexity index is 603. The van der Waals surface area contributed by atoms with E-state index in [-0.39, 0.29) is 5.75 Å². The molecule has 0 saturated heterocycles. The molecule has 20 heavy (non-hydrogen) atoms. The maximum atomic E-state index is 9.80. The quantitative estimate of drug-likeness (QED) is 0.901. The normalized spacial score (nSPS) is 10.7. The van der Waals surface area contributed by atoms with Gasteiger partial charge in [0.05, 0.1) is 14.2 Å². The maximum Gasteiger partial charge on any atom is 0.119 e. The van der Waals surface area contributed by atoms with E-state index < -0.39 is 0 Å². The lowest BCUT2D eigenvalue weighted by molar-refractivity contribution is 0.411. The van der Waals surface area contributed by atoms with Crippen LogP contribution in [0.25, 0.3) is 6.08 Å². The molecule has 0 spiro atoms. The van der Waals surface area contributed by atoms with Gasteiger partial charge in [0.2, 0.25) is 0 Å². The zero-order chi connectivity index (χ0) is 14.4. The predicted molar refractivity (Wildman–Crippen MR) is 80.4 cm³/mol. The van der Waals surface area contributed by atoms with Crippen LogP contribution in [0.2, 0.25) is 0 Å². The smallest absolute Gasteiger partial charge is 0.119 e. The van der Waals surface area contributed by atoms with E-state index >= 15 is 0 Å². The van der Waals surface area contributed by atoms with E-state index in [0.29, 0.717) is 6.42 Å². The third-order valence-electron chi connectivity index (χ3n) is 3.03.